The first-order valence-electron chi connectivity index (χ1n) is 8.73. The molecule has 1 aromatic carbocycles. The van der Waals surface area contributed by atoms with Crippen LogP contribution in [0.15, 0.2) is 12.1 Å². The van der Waals surface area contributed by atoms with E-state index in [1.165, 1.54) is 11.3 Å². The molecule has 0 saturated carbocycles. The fraction of sp³-hybridized carbons (Fsp3) is 0.444. The number of benzene rings is 1. The van der Waals surface area contributed by atoms with Gasteiger partial charge in [0.2, 0.25) is 0 Å². The molecule has 3 aromatic rings. The summed E-state index contributed by atoms with van der Waals surface area (Å²) in [6.45, 7) is 3.19. The summed E-state index contributed by atoms with van der Waals surface area (Å²) >= 11 is 2.52. The van der Waals surface area contributed by atoms with E-state index in [9.17, 15) is 4.79 Å². The van der Waals surface area contributed by atoms with E-state index in [4.69, 9.17) is 14.5 Å². The van der Waals surface area contributed by atoms with Crippen LogP contribution in [0, 0.1) is 6.92 Å². The van der Waals surface area contributed by atoms with Gasteiger partial charge in [0, 0.05) is 6.54 Å². The highest BCUT2D eigenvalue weighted by atomic mass is 32.1. The molecule has 2 heterocycles. The third-order valence-electron chi connectivity index (χ3n) is 4.21. The maximum absolute atomic E-state index is 13.2. The molecule has 0 N–H and O–H groups in total. The van der Waals surface area contributed by atoms with Crippen LogP contribution in [0.2, 0.25) is 0 Å². The second kappa shape index (κ2) is 8.80. The van der Waals surface area contributed by atoms with Crippen LogP contribution >= 0.6 is 22.9 Å². The lowest BCUT2D eigenvalue weighted by atomic mass is 10.3. The highest BCUT2D eigenvalue weighted by molar-refractivity contribution is 7.22. The minimum absolute atomic E-state index is 0.136. The number of nitrogens with zero attached hydrogens (tertiary/aromatic N) is 5. The van der Waals surface area contributed by atoms with Crippen molar-refractivity contribution in [3.63, 3.8) is 0 Å². The summed E-state index contributed by atoms with van der Waals surface area (Å²) in [6.07, 6.45) is 0.814. The number of anilines is 1. The highest BCUT2D eigenvalue weighted by Crippen LogP contribution is 2.40. The number of hydrogen-bond acceptors (Lipinski definition) is 9. The molecule has 0 spiro atoms. The summed E-state index contributed by atoms with van der Waals surface area (Å²) in [4.78, 5) is 22.3. The van der Waals surface area contributed by atoms with Crippen LogP contribution < -0.4 is 14.4 Å². The van der Waals surface area contributed by atoms with Crippen LogP contribution in [0.5, 0.6) is 11.5 Å². The summed E-state index contributed by atoms with van der Waals surface area (Å²) in [7, 11) is 7.24. The molecular formula is C18H23N5O3S2. The van der Waals surface area contributed by atoms with E-state index in [2.05, 4.69) is 14.5 Å². The number of aromatic nitrogens is 3. The van der Waals surface area contributed by atoms with Crippen molar-refractivity contribution in [1.82, 2.24) is 19.5 Å². The van der Waals surface area contributed by atoms with E-state index in [-0.39, 0.29) is 5.91 Å². The number of aryl methyl sites for hydroxylation is 1. The molecule has 0 radical (unpaired) electrons. The lowest BCUT2D eigenvalue weighted by Crippen LogP contribution is -2.33. The average molecular weight is 422 g/mol. The number of methoxy groups -OCH3 is 2. The van der Waals surface area contributed by atoms with Gasteiger partial charge in [-0.05, 0) is 57.6 Å². The van der Waals surface area contributed by atoms with Crippen LogP contribution in [0.3, 0.4) is 0 Å². The fourth-order valence-electron chi connectivity index (χ4n) is 2.77. The van der Waals surface area contributed by atoms with Crippen molar-refractivity contribution in [1.29, 1.82) is 0 Å². The van der Waals surface area contributed by atoms with Gasteiger partial charge in [-0.25, -0.2) is 4.98 Å². The summed E-state index contributed by atoms with van der Waals surface area (Å²) in [5.74, 6) is 1.22. The lowest BCUT2D eigenvalue weighted by Gasteiger charge is -2.20. The first-order valence-corrected chi connectivity index (χ1v) is 10.3. The molecule has 0 aliphatic carbocycles. The highest BCUT2D eigenvalue weighted by Gasteiger charge is 2.26. The van der Waals surface area contributed by atoms with Gasteiger partial charge in [-0.15, -0.1) is 5.10 Å². The van der Waals surface area contributed by atoms with Crippen molar-refractivity contribution in [2.75, 3.05) is 46.3 Å². The van der Waals surface area contributed by atoms with Crippen molar-refractivity contribution in [3.8, 4) is 11.5 Å². The Kier molecular flexibility index (Phi) is 6.42. The molecule has 0 atom stereocenters. The molecule has 0 saturated heterocycles. The second-order valence-corrected chi connectivity index (χ2v) is 8.18. The van der Waals surface area contributed by atoms with E-state index < -0.39 is 0 Å². The molecular weight excluding hydrogens is 398 g/mol. The summed E-state index contributed by atoms with van der Waals surface area (Å²) in [5.41, 5.74) is 1.32. The smallest absolute Gasteiger partial charge is 0.273 e. The first-order chi connectivity index (χ1) is 13.5. The normalized spacial score (nSPS) is 11.2. The monoisotopic (exact) mass is 421 g/mol. The van der Waals surface area contributed by atoms with Gasteiger partial charge >= 0.3 is 0 Å². The zero-order valence-electron chi connectivity index (χ0n) is 16.6. The van der Waals surface area contributed by atoms with Gasteiger partial charge in [-0.2, -0.15) is 0 Å². The van der Waals surface area contributed by atoms with Crippen LogP contribution in [0.4, 0.5) is 5.13 Å². The predicted molar refractivity (Wildman–Crippen MR) is 112 cm³/mol. The van der Waals surface area contributed by atoms with Crippen LogP contribution in [-0.2, 0) is 0 Å². The maximum Gasteiger partial charge on any atom is 0.273 e. The lowest BCUT2D eigenvalue weighted by molar-refractivity contribution is 0.0989. The van der Waals surface area contributed by atoms with Gasteiger partial charge < -0.3 is 14.4 Å². The maximum atomic E-state index is 13.2. The third-order valence-corrected chi connectivity index (χ3v) is 6.12. The molecule has 10 heteroatoms. The van der Waals surface area contributed by atoms with E-state index in [0.717, 1.165) is 29.2 Å². The Morgan fingerprint density at radius 1 is 1.14 bits per heavy atom. The number of hydrogen-bond donors (Lipinski definition) is 0. The number of fused-ring (bicyclic) bond motifs is 1. The van der Waals surface area contributed by atoms with Gasteiger partial charge in [-0.3, -0.25) is 9.69 Å². The topological polar surface area (TPSA) is 80.7 Å². The first kappa shape index (κ1) is 20.4. The molecule has 3 rings (SSSR count). The Balaban J connectivity index is 2.04. The fourth-order valence-corrected chi connectivity index (χ4v) is 4.47. The minimum atomic E-state index is -0.136. The van der Waals surface area contributed by atoms with Gasteiger partial charge in [-0.1, -0.05) is 15.8 Å². The summed E-state index contributed by atoms with van der Waals surface area (Å²) in [5, 5.41) is 4.58. The van der Waals surface area contributed by atoms with Gasteiger partial charge in [0.05, 0.1) is 19.9 Å². The zero-order chi connectivity index (χ0) is 20.3. The largest absolute Gasteiger partial charge is 0.495 e. The Morgan fingerprint density at radius 2 is 1.86 bits per heavy atom. The number of carbonyl (C=O) groups is 1. The molecule has 0 fully saturated rings. The quantitative estimate of drug-likeness (QED) is 0.553. The molecule has 1 amide bonds. The summed E-state index contributed by atoms with van der Waals surface area (Å²) < 4.78 is 15.7. The van der Waals surface area contributed by atoms with Crippen LogP contribution in [0.1, 0.15) is 21.8 Å². The average Bonchev–Trinajstić information content (AvgIpc) is 3.30. The van der Waals surface area contributed by atoms with Crippen molar-refractivity contribution in [2.24, 2.45) is 0 Å². The standard InChI is InChI=1S/C18H23N5O3S2/c1-11-15(28-21-20-11)17(24)23(10-6-9-22(2)3)18-19-14-12(25-4)7-8-13(26-5)16(14)27-18/h7-8H,6,9-10H2,1-5H3. The second-order valence-electron chi connectivity index (χ2n) is 6.45. The number of carbonyl (C=O) groups excluding carboxylic acids is 1. The van der Waals surface area contributed by atoms with E-state index in [1.807, 2.05) is 26.2 Å². The molecule has 0 aliphatic heterocycles. The molecule has 2 aromatic heterocycles. The van der Waals surface area contributed by atoms with Crippen molar-refractivity contribution in [2.45, 2.75) is 13.3 Å². The third kappa shape index (κ3) is 4.08. The van der Waals surface area contributed by atoms with Crippen LogP contribution in [0.25, 0.3) is 10.2 Å². The van der Waals surface area contributed by atoms with Crippen LogP contribution in [-0.4, -0.2) is 66.8 Å². The molecule has 28 heavy (non-hydrogen) atoms. The molecule has 150 valence electrons. The molecule has 0 aliphatic rings. The van der Waals surface area contributed by atoms with Crippen molar-refractivity contribution in [3.05, 3.63) is 22.7 Å². The van der Waals surface area contributed by atoms with Crippen molar-refractivity contribution < 1.29 is 14.3 Å². The molecule has 0 bridgehead atoms. The predicted octanol–water partition coefficient (Wildman–Crippen LogP) is 3.07. The number of thiazole rings is 1. The van der Waals surface area contributed by atoms with E-state index >= 15 is 0 Å². The van der Waals surface area contributed by atoms with E-state index in [0.29, 0.717) is 39.3 Å². The van der Waals surface area contributed by atoms with E-state index in [1.54, 1.807) is 26.0 Å². The Labute approximate surface area is 171 Å². The molecule has 0 unspecified atom stereocenters. The van der Waals surface area contributed by atoms with Gasteiger partial charge in [0.1, 0.15) is 26.6 Å². The minimum Gasteiger partial charge on any atom is -0.495 e. The zero-order valence-corrected chi connectivity index (χ0v) is 18.2. The van der Waals surface area contributed by atoms with Gasteiger partial charge in [0.15, 0.2) is 5.13 Å². The van der Waals surface area contributed by atoms with Gasteiger partial charge in [0.25, 0.3) is 5.91 Å². The molecule has 8 nitrogen and oxygen atoms in total. The SMILES string of the molecule is COc1ccc(OC)c2sc(N(CCCN(C)C)C(=O)c3snnc3C)nc12. The Bertz CT molecular complexity index is 928. The Hall–Kier alpha value is -2.30. The number of ether oxygens (including phenoxy) is 2. The Morgan fingerprint density at radius 3 is 2.46 bits per heavy atom. The van der Waals surface area contributed by atoms with Crippen molar-refractivity contribution >= 4 is 44.1 Å². The summed E-state index contributed by atoms with van der Waals surface area (Å²) in [6, 6.07) is 3.67. The number of rotatable bonds is 8. The number of amides is 1.